The van der Waals surface area contributed by atoms with Crippen LogP contribution < -0.4 is 0 Å². The fourth-order valence-electron chi connectivity index (χ4n) is 2.03. The Labute approximate surface area is 117 Å². The molecule has 0 aliphatic carbocycles. The molecule has 0 rings (SSSR count). The molecule has 0 aromatic carbocycles. The lowest BCUT2D eigenvalue weighted by molar-refractivity contribution is -0.140. The van der Waals surface area contributed by atoms with Crippen molar-refractivity contribution in [2.75, 3.05) is 7.11 Å². The van der Waals surface area contributed by atoms with Crippen LogP contribution in [0.2, 0.25) is 0 Å². The first-order valence-corrected chi connectivity index (χ1v) is 7.85. The normalized spacial score (nSPS) is 12.4. The molecular formula is C15H29ClO2. The zero-order valence-electron chi connectivity index (χ0n) is 12.0. The molecule has 1 atom stereocenters. The molecule has 0 heterocycles. The van der Waals surface area contributed by atoms with Gasteiger partial charge < -0.3 is 4.74 Å². The molecule has 2 nitrogen and oxygen atoms in total. The fourth-order valence-corrected chi connectivity index (χ4v) is 2.34. The monoisotopic (exact) mass is 276 g/mol. The Morgan fingerprint density at radius 3 is 2.17 bits per heavy atom. The molecule has 1 unspecified atom stereocenters. The quantitative estimate of drug-likeness (QED) is 0.282. The average molecular weight is 277 g/mol. The van der Waals surface area contributed by atoms with E-state index < -0.39 is 0 Å². The smallest absolute Gasteiger partial charge is 0.305 e. The molecule has 3 heteroatoms. The molecular weight excluding hydrogens is 248 g/mol. The van der Waals surface area contributed by atoms with Crippen molar-refractivity contribution in [3.63, 3.8) is 0 Å². The third kappa shape index (κ3) is 12.2. The summed E-state index contributed by atoms with van der Waals surface area (Å²) in [6.07, 6.45) is 12.5. The van der Waals surface area contributed by atoms with Crippen LogP contribution in [0, 0.1) is 0 Å². The molecule has 0 spiro atoms. The largest absolute Gasteiger partial charge is 0.469 e. The highest BCUT2D eigenvalue weighted by Crippen LogP contribution is 2.17. The Morgan fingerprint density at radius 2 is 1.56 bits per heavy atom. The molecule has 0 aromatic heterocycles. The van der Waals surface area contributed by atoms with Crippen LogP contribution in [-0.4, -0.2) is 18.5 Å². The molecule has 0 amide bonds. The van der Waals surface area contributed by atoms with E-state index in [0.717, 1.165) is 25.7 Å². The first kappa shape index (κ1) is 17.8. The number of hydrogen-bond donors (Lipinski definition) is 0. The van der Waals surface area contributed by atoms with Crippen LogP contribution in [0.15, 0.2) is 0 Å². The van der Waals surface area contributed by atoms with Crippen molar-refractivity contribution in [3.05, 3.63) is 0 Å². The van der Waals surface area contributed by atoms with E-state index in [1.807, 2.05) is 0 Å². The predicted molar refractivity (Wildman–Crippen MR) is 78.1 cm³/mol. The first-order chi connectivity index (χ1) is 8.70. The lowest BCUT2D eigenvalue weighted by Gasteiger charge is -2.08. The van der Waals surface area contributed by atoms with Gasteiger partial charge in [0.25, 0.3) is 0 Å². The van der Waals surface area contributed by atoms with Crippen molar-refractivity contribution in [1.82, 2.24) is 0 Å². The summed E-state index contributed by atoms with van der Waals surface area (Å²) in [4.78, 5) is 10.9. The second kappa shape index (κ2) is 13.2. The fraction of sp³-hybridized carbons (Fsp3) is 0.933. The van der Waals surface area contributed by atoms with Crippen LogP contribution in [0.4, 0.5) is 0 Å². The van der Waals surface area contributed by atoms with Crippen LogP contribution >= 0.6 is 11.6 Å². The second-order valence-corrected chi connectivity index (χ2v) is 5.59. The summed E-state index contributed by atoms with van der Waals surface area (Å²) in [5.41, 5.74) is 0. The number of hydrogen-bond acceptors (Lipinski definition) is 2. The minimum Gasteiger partial charge on any atom is -0.469 e. The maximum Gasteiger partial charge on any atom is 0.305 e. The van der Waals surface area contributed by atoms with Crippen LogP contribution in [0.3, 0.4) is 0 Å². The molecule has 0 fully saturated rings. The number of esters is 1. The molecule has 0 radical (unpaired) electrons. The van der Waals surface area contributed by atoms with Crippen molar-refractivity contribution in [1.29, 1.82) is 0 Å². The van der Waals surface area contributed by atoms with E-state index in [1.54, 1.807) is 0 Å². The van der Waals surface area contributed by atoms with Crippen molar-refractivity contribution in [3.8, 4) is 0 Å². The molecule has 0 aliphatic heterocycles. The van der Waals surface area contributed by atoms with E-state index in [0.29, 0.717) is 6.42 Å². The number of ether oxygens (including phenoxy) is 1. The van der Waals surface area contributed by atoms with Crippen molar-refractivity contribution < 1.29 is 9.53 Å². The molecule has 108 valence electrons. The zero-order valence-corrected chi connectivity index (χ0v) is 12.8. The summed E-state index contributed by atoms with van der Waals surface area (Å²) in [5.74, 6) is -0.114. The Morgan fingerprint density at radius 1 is 1.00 bits per heavy atom. The standard InChI is InChI=1S/C15H29ClO2/c1-3-4-5-6-7-8-11-14(16)12-9-10-13-15(17)18-2/h14H,3-13H2,1-2H3. The second-order valence-electron chi connectivity index (χ2n) is 4.98. The maximum absolute atomic E-state index is 10.9. The van der Waals surface area contributed by atoms with Crippen molar-refractivity contribution in [2.45, 2.75) is 82.9 Å². The molecule has 0 saturated heterocycles. The highest BCUT2D eigenvalue weighted by atomic mass is 35.5. The summed E-state index contributed by atoms with van der Waals surface area (Å²) in [6.45, 7) is 2.24. The van der Waals surface area contributed by atoms with E-state index >= 15 is 0 Å². The number of halogens is 1. The van der Waals surface area contributed by atoms with Gasteiger partial charge in [-0.25, -0.2) is 0 Å². The van der Waals surface area contributed by atoms with Gasteiger partial charge in [-0.05, 0) is 19.3 Å². The maximum atomic E-state index is 10.9. The summed E-state index contributed by atoms with van der Waals surface area (Å²) < 4.78 is 4.60. The Balaban J connectivity index is 3.22. The van der Waals surface area contributed by atoms with Gasteiger partial charge in [0.05, 0.1) is 7.11 Å². The number of rotatable bonds is 12. The van der Waals surface area contributed by atoms with Crippen LogP contribution in [-0.2, 0) is 9.53 Å². The lowest BCUT2D eigenvalue weighted by atomic mass is 10.0. The van der Waals surface area contributed by atoms with Gasteiger partial charge in [-0.1, -0.05) is 51.9 Å². The van der Waals surface area contributed by atoms with E-state index in [1.165, 1.54) is 45.6 Å². The number of carbonyl (C=O) groups is 1. The SMILES string of the molecule is CCCCCCCCC(Cl)CCCCC(=O)OC. The van der Waals surface area contributed by atoms with E-state index in [9.17, 15) is 4.79 Å². The first-order valence-electron chi connectivity index (χ1n) is 7.41. The number of alkyl halides is 1. The summed E-state index contributed by atoms with van der Waals surface area (Å²) in [6, 6.07) is 0. The highest BCUT2D eigenvalue weighted by Gasteiger charge is 2.05. The average Bonchev–Trinajstić information content (AvgIpc) is 2.38. The third-order valence-electron chi connectivity index (χ3n) is 3.25. The Kier molecular flexibility index (Phi) is 13.0. The topological polar surface area (TPSA) is 26.3 Å². The molecule has 0 aliphatic rings. The van der Waals surface area contributed by atoms with Gasteiger partial charge in [-0.2, -0.15) is 0 Å². The van der Waals surface area contributed by atoms with Gasteiger partial charge >= 0.3 is 5.97 Å². The summed E-state index contributed by atoms with van der Waals surface area (Å²) in [7, 11) is 1.44. The van der Waals surface area contributed by atoms with E-state index in [-0.39, 0.29) is 11.3 Å². The van der Waals surface area contributed by atoms with Gasteiger partial charge in [0, 0.05) is 11.8 Å². The highest BCUT2D eigenvalue weighted by molar-refractivity contribution is 6.20. The van der Waals surface area contributed by atoms with Crippen molar-refractivity contribution in [2.24, 2.45) is 0 Å². The predicted octanol–water partition coefficient (Wildman–Crippen LogP) is 5.08. The molecule has 0 bridgehead atoms. The molecule has 18 heavy (non-hydrogen) atoms. The molecule has 0 N–H and O–H groups in total. The summed E-state index contributed by atoms with van der Waals surface area (Å²) >= 11 is 6.25. The lowest BCUT2D eigenvalue weighted by Crippen LogP contribution is -2.02. The van der Waals surface area contributed by atoms with Crippen LogP contribution in [0.5, 0.6) is 0 Å². The number of methoxy groups -OCH3 is 1. The van der Waals surface area contributed by atoms with Gasteiger partial charge in [-0.15, -0.1) is 11.6 Å². The van der Waals surface area contributed by atoms with Gasteiger partial charge in [-0.3, -0.25) is 4.79 Å². The van der Waals surface area contributed by atoms with Gasteiger partial charge in [0.2, 0.25) is 0 Å². The number of unbranched alkanes of at least 4 members (excludes halogenated alkanes) is 6. The third-order valence-corrected chi connectivity index (χ3v) is 3.68. The van der Waals surface area contributed by atoms with Gasteiger partial charge in [0.1, 0.15) is 0 Å². The molecule has 0 saturated carbocycles. The Bertz CT molecular complexity index is 195. The molecule has 0 aromatic rings. The Hall–Kier alpha value is -0.240. The minimum atomic E-state index is -0.114. The van der Waals surface area contributed by atoms with E-state index in [2.05, 4.69) is 11.7 Å². The minimum absolute atomic E-state index is 0.114. The van der Waals surface area contributed by atoms with Crippen molar-refractivity contribution >= 4 is 17.6 Å². The van der Waals surface area contributed by atoms with Crippen LogP contribution in [0.1, 0.15) is 77.6 Å². The van der Waals surface area contributed by atoms with E-state index in [4.69, 9.17) is 11.6 Å². The summed E-state index contributed by atoms with van der Waals surface area (Å²) in [5, 5.41) is 0.286. The number of carbonyl (C=O) groups excluding carboxylic acids is 1. The van der Waals surface area contributed by atoms with Crippen LogP contribution in [0.25, 0.3) is 0 Å². The van der Waals surface area contributed by atoms with Gasteiger partial charge in [0.15, 0.2) is 0 Å². The zero-order chi connectivity index (χ0) is 13.6.